The highest BCUT2D eigenvalue weighted by atomic mass is 19.4. The molecule has 0 heterocycles. The van der Waals surface area contributed by atoms with Crippen molar-refractivity contribution in [2.75, 3.05) is 0 Å². The first-order chi connectivity index (χ1) is 9.34. The van der Waals surface area contributed by atoms with Crippen LogP contribution in [0.3, 0.4) is 0 Å². The van der Waals surface area contributed by atoms with E-state index in [0.29, 0.717) is 11.6 Å². The fourth-order valence-electron chi connectivity index (χ4n) is 2.50. The molecule has 1 saturated carbocycles. The lowest BCUT2D eigenvalue weighted by Crippen LogP contribution is -2.37. The van der Waals surface area contributed by atoms with Crippen LogP contribution >= 0.6 is 0 Å². The summed E-state index contributed by atoms with van der Waals surface area (Å²) in [7, 11) is 0. The molecule has 0 spiro atoms. The Balaban J connectivity index is 1.97. The van der Waals surface area contributed by atoms with Crippen LogP contribution < -0.4 is 11.1 Å². The Kier molecular flexibility index (Phi) is 4.65. The summed E-state index contributed by atoms with van der Waals surface area (Å²) >= 11 is 0. The second-order valence-corrected chi connectivity index (χ2v) is 5.34. The normalized spacial score (nSPS) is 23.9. The Hall–Kier alpha value is -1.14. The number of halogens is 4. The fraction of sp³-hybridized carbons (Fsp3) is 0.571. The molecule has 1 aliphatic rings. The maximum Gasteiger partial charge on any atom is 0.416 e. The highest BCUT2D eigenvalue weighted by Gasteiger charge is 2.31. The molecule has 2 rings (SSSR count). The lowest BCUT2D eigenvalue weighted by molar-refractivity contribution is -0.137. The number of nitrogens with one attached hydrogen (secondary N) is 1. The Morgan fingerprint density at radius 2 is 1.75 bits per heavy atom. The van der Waals surface area contributed by atoms with Crippen molar-refractivity contribution in [2.45, 2.75) is 50.5 Å². The topological polar surface area (TPSA) is 38.0 Å². The minimum Gasteiger partial charge on any atom is -0.328 e. The fourth-order valence-corrected chi connectivity index (χ4v) is 2.50. The van der Waals surface area contributed by atoms with Crippen LogP contribution in [0, 0.1) is 5.82 Å². The van der Waals surface area contributed by atoms with Crippen molar-refractivity contribution in [3.05, 3.63) is 35.1 Å². The molecule has 1 aromatic rings. The van der Waals surface area contributed by atoms with E-state index in [2.05, 4.69) is 5.32 Å². The number of nitrogens with two attached hydrogens (primary N) is 1. The van der Waals surface area contributed by atoms with Gasteiger partial charge in [0.15, 0.2) is 0 Å². The molecule has 6 heteroatoms. The van der Waals surface area contributed by atoms with Crippen molar-refractivity contribution in [2.24, 2.45) is 5.73 Å². The molecule has 2 nitrogen and oxygen atoms in total. The van der Waals surface area contributed by atoms with Crippen LogP contribution in [0.15, 0.2) is 18.2 Å². The van der Waals surface area contributed by atoms with Crippen molar-refractivity contribution in [3.63, 3.8) is 0 Å². The van der Waals surface area contributed by atoms with Gasteiger partial charge in [-0.2, -0.15) is 13.2 Å². The number of benzene rings is 1. The van der Waals surface area contributed by atoms with Crippen LogP contribution in [0.5, 0.6) is 0 Å². The van der Waals surface area contributed by atoms with Crippen molar-refractivity contribution in [1.29, 1.82) is 0 Å². The molecule has 0 aromatic heterocycles. The van der Waals surface area contributed by atoms with Gasteiger partial charge < -0.3 is 11.1 Å². The smallest absolute Gasteiger partial charge is 0.328 e. The third-order valence-corrected chi connectivity index (χ3v) is 3.65. The van der Waals surface area contributed by atoms with Gasteiger partial charge in [0.2, 0.25) is 0 Å². The molecule has 20 heavy (non-hydrogen) atoms. The number of hydrogen-bond donors (Lipinski definition) is 2. The highest BCUT2D eigenvalue weighted by Crippen LogP contribution is 2.30. The SMILES string of the molecule is NC1CCC(NCc2cc(F)cc(C(F)(F)F)c2)CC1. The van der Waals surface area contributed by atoms with E-state index >= 15 is 0 Å². The van der Waals surface area contributed by atoms with Crippen molar-refractivity contribution in [3.8, 4) is 0 Å². The number of alkyl halides is 3. The van der Waals surface area contributed by atoms with Crippen LogP contribution in [-0.4, -0.2) is 12.1 Å². The first-order valence-corrected chi connectivity index (χ1v) is 6.70. The highest BCUT2D eigenvalue weighted by molar-refractivity contribution is 5.26. The van der Waals surface area contributed by atoms with Crippen LogP contribution in [0.2, 0.25) is 0 Å². The van der Waals surface area contributed by atoms with E-state index in [9.17, 15) is 17.6 Å². The summed E-state index contributed by atoms with van der Waals surface area (Å²) in [5, 5.41) is 3.17. The number of rotatable bonds is 3. The summed E-state index contributed by atoms with van der Waals surface area (Å²) in [6.07, 6.45) is -0.886. The van der Waals surface area contributed by atoms with Gasteiger partial charge in [0.25, 0.3) is 0 Å². The molecular weight excluding hydrogens is 272 g/mol. The number of hydrogen-bond acceptors (Lipinski definition) is 2. The molecular formula is C14H18F4N2. The largest absolute Gasteiger partial charge is 0.416 e. The Morgan fingerprint density at radius 3 is 2.35 bits per heavy atom. The standard InChI is InChI=1S/C14H18F4N2/c15-11-6-9(5-10(7-11)14(16,17)18)8-20-13-3-1-12(19)2-4-13/h5-7,12-13,20H,1-4,8,19H2. The Labute approximate surface area is 115 Å². The van der Waals surface area contributed by atoms with Gasteiger partial charge in [-0.25, -0.2) is 4.39 Å². The predicted molar refractivity (Wildman–Crippen MR) is 68.5 cm³/mol. The Bertz CT molecular complexity index is 451. The van der Waals surface area contributed by atoms with Gasteiger partial charge in [0, 0.05) is 18.6 Å². The molecule has 0 atom stereocenters. The maximum atomic E-state index is 13.2. The third kappa shape index (κ3) is 4.18. The van der Waals surface area contributed by atoms with E-state index in [1.807, 2.05) is 0 Å². The average Bonchev–Trinajstić information content (AvgIpc) is 2.36. The monoisotopic (exact) mass is 290 g/mol. The maximum absolute atomic E-state index is 13.2. The zero-order valence-corrected chi connectivity index (χ0v) is 11.0. The van der Waals surface area contributed by atoms with Crippen LogP contribution in [-0.2, 0) is 12.7 Å². The van der Waals surface area contributed by atoms with Crippen LogP contribution in [0.25, 0.3) is 0 Å². The molecule has 1 aromatic carbocycles. The molecule has 0 amide bonds. The van der Waals surface area contributed by atoms with Gasteiger partial charge >= 0.3 is 6.18 Å². The van der Waals surface area contributed by atoms with Gasteiger partial charge in [-0.1, -0.05) is 0 Å². The summed E-state index contributed by atoms with van der Waals surface area (Å²) in [5.74, 6) is -0.859. The first-order valence-electron chi connectivity index (χ1n) is 6.70. The van der Waals surface area contributed by atoms with Gasteiger partial charge in [-0.3, -0.25) is 0 Å². The predicted octanol–water partition coefficient (Wildman–Crippen LogP) is 3.20. The van der Waals surface area contributed by atoms with Crippen molar-refractivity contribution in [1.82, 2.24) is 5.32 Å². The zero-order valence-electron chi connectivity index (χ0n) is 11.0. The minimum atomic E-state index is -4.52. The first kappa shape index (κ1) is 15.3. The summed E-state index contributed by atoms with van der Waals surface area (Å²) < 4.78 is 51.0. The molecule has 112 valence electrons. The average molecular weight is 290 g/mol. The molecule has 0 radical (unpaired) electrons. The Morgan fingerprint density at radius 1 is 1.10 bits per heavy atom. The molecule has 1 aliphatic carbocycles. The van der Waals surface area contributed by atoms with E-state index in [0.717, 1.165) is 37.8 Å². The summed E-state index contributed by atoms with van der Waals surface area (Å²) in [4.78, 5) is 0. The molecule has 3 N–H and O–H groups in total. The van der Waals surface area contributed by atoms with Gasteiger partial charge in [-0.15, -0.1) is 0 Å². The molecule has 0 unspecified atom stereocenters. The molecule has 0 saturated heterocycles. The van der Waals surface area contributed by atoms with E-state index in [1.54, 1.807) is 0 Å². The second-order valence-electron chi connectivity index (χ2n) is 5.34. The van der Waals surface area contributed by atoms with E-state index in [4.69, 9.17) is 5.73 Å². The summed E-state index contributed by atoms with van der Waals surface area (Å²) in [6, 6.07) is 3.11. The molecule has 1 fully saturated rings. The lowest BCUT2D eigenvalue weighted by atomic mass is 9.91. The van der Waals surface area contributed by atoms with Crippen molar-refractivity contribution < 1.29 is 17.6 Å². The molecule has 0 aliphatic heterocycles. The third-order valence-electron chi connectivity index (χ3n) is 3.65. The molecule has 0 bridgehead atoms. The van der Waals surface area contributed by atoms with Crippen LogP contribution in [0.4, 0.5) is 17.6 Å². The van der Waals surface area contributed by atoms with Gasteiger partial charge in [0.05, 0.1) is 5.56 Å². The van der Waals surface area contributed by atoms with Gasteiger partial charge in [-0.05, 0) is 49.4 Å². The van der Waals surface area contributed by atoms with E-state index in [1.165, 1.54) is 0 Å². The quantitative estimate of drug-likeness (QED) is 0.839. The van der Waals surface area contributed by atoms with Crippen LogP contribution in [0.1, 0.15) is 36.8 Å². The summed E-state index contributed by atoms with van der Waals surface area (Å²) in [6.45, 7) is 0.237. The van der Waals surface area contributed by atoms with Gasteiger partial charge in [0.1, 0.15) is 5.82 Å². The zero-order chi connectivity index (χ0) is 14.8. The van der Waals surface area contributed by atoms with E-state index in [-0.39, 0.29) is 18.6 Å². The minimum absolute atomic E-state index is 0.221. The second kappa shape index (κ2) is 6.10. The summed E-state index contributed by atoms with van der Waals surface area (Å²) in [5.41, 5.74) is 5.16. The lowest BCUT2D eigenvalue weighted by Gasteiger charge is -2.27. The van der Waals surface area contributed by atoms with Crippen molar-refractivity contribution >= 4 is 0 Å². The van der Waals surface area contributed by atoms with E-state index < -0.39 is 17.6 Å².